The van der Waals surface area contributed by atoms with Crippen molar-refractivity contribution >= 4 is 22.4 Å². The average Bonchev–Trinajstić information content (AvgIpc) is 2.97. The molecule has 2 aliphatic heterocycles. The van der Waals surface area contributed by atoms with Crippen LogP contribution in [0.4, 0.5) is 4.79 Å². The first-order valence-corrected chi connectivity index (χ1v) is 7.12. The lowest BCUT2D eigenvalue weighted by atomic mass is 9.99. The van der Waals surface area contributed by atoms with Gasteiger partial charge in [0.05, 0.1) is 19.9 Å². The summed E-state index contributed by atoms with van der Waals surface area (Å²) in [5.74, 6) is -0.556. The van der Waals surface area contributed by atoms with E-state index in [0.717, 1.165) is 12.0 Å². The Morgan fingerprint density at radius 1 is 1.52 bits per heavy atom. The first kappa shape index (κ1) is 13.9. The predicted octanol–water partition coefficient (Wildman–Crippen LogP) is 0.0204. The van der Waals surface area contributed by atoms with Gasteiger partial charge in [-0.1, -0.05) is 0 Å². The number of esters is 1. The number of nitrogens with zero attached hydrogens (tertiary/aromatic N) is 2. The summed E-state index contributed by atoms with van der Waals surface area (Å²) in [4.78, 5) is 25.1. The van der Waals surface area contributed by atoms with Gasteiger partial charge in [0, 0.05) is 5.56 Å². The van der Waals surface area contributed by atoms with E-state index in [9.17, 15) is 18.0 Å². The van der Waals surface area contributed by atoms with Crippen LogP contribution in [0.15, 0.2) is 16.7 Å². The lowest BCUT2D eigenvalue weighted by Gasteiger charge is -2.27. The fraction of sp³-hybridized carbons (Fsp3) is 0.400. The highest BCUT2D eigenvalue weighted by molar-refractivity contribution is 7.80. The summed E-state index contributed by atoms with van der Waals surface area (Å²) >= 11 is 0. The number of urea groups is 1. The fourth-order valence-corrected chi connectivity index (χ4v) is 2.91. The molecule has 2 bridgehead atoms. The molecule has 1 saturated heterocycles. The normalized spacial score (nSPS) is 24.2. The van der Waals surface area contributed by atoms with E-state index >= 15 is 0 Å². The van der Waals surface area contributed by atoms with Crippen LogP contribution in [0.3, 0.4) is 0 Å². The molecule has 11 heteroatoms. The van der Waals surface area contributed by atoms with Crippen molar-refractivity contribution in [3.8, 4) is 0 Å². The summed E-state index contributed by atoms with van der Waals surface area (Å²) in [6.07, 6.45) is 1.30. The highest BCUT2D eigenvalue weighted by Gasteiger charge is 2.54. The van der Waals surface area contributed by atoms with Crippen molar-refractivity contribution in [3.05, 3.63) is 23.7 Å². The number of hydrogen-bond donors (Lipinski definition) is 1. The summed E-state index contributed by atoms with van der Waals surface area (Å²) in [5.41, 5.74) is 0.413. The lowest BCUT2D eigenvalue weighted by Crippen LogP contribution is -2.38. The van der Waals surface area contributed by atoms with Crippen LogP contribution in [0, 0.1) is 0 Å². The average molecular weight is 318 g/mol. The van der Waals surface area contributed by atoms with Gasteiger partial charge in [-0.2, -0.15) is 13.5 Å². The summed E-state index contributed by atoms with van der Waals surface area (Å²) in [7, 11) is -3.72. The van der Waals surface area contributed by atoms with Gasteiger partial charge in [-0.3, -0.25) is 9.45 Å². The lowest BCUT2D eigenvalue weighted by molar-refractivity contribution is -0.146. The first-order valence-electron chi connectivity index (χ1n) is 5.75. The number of carbonyl (C=O) groups excluding carboxylic acids is 2. The van der Waals surface area contributed by atoms with E-state index in [1.165, 1.54) is 12.3 Å². The molecule has 2 aliphatic rings. The van der Waals surface area contributed by atoms with Gasteiger partial charge in [0.2, 0.25) is 0 Å². The van der Waals surface area contributed by atoms with E-state index in [1.807, 2.05) is 0 Å². The Hall–Kier alpha value is -2.11. The van der Waals surface area contributed by atoms with Gasteiger partial charge >= 0.3 is 22.4 Å². The Morgan fingerprint density at radius 2 is 2.24 bits per heavy atom. The van der Waals surface area contributed by atoms with E-state index in [-0.39, 0.29) is 12.3 Å². The largest absolute Gasteiger partial charge is 0.467 e. The molecule has 0 saturated carbocycles. The summed E-state index contributed by atoms with van der Waals surface area (Å²) < 4.78 is 44.6. The zero-order chi connectivity index (χ0) is 15.4. The Bertz CT molecular complexity index is 710. The number of furan rings is 1. The molecular formula is C10H10N2O8S. The monoisotopic (exact) mass is 318 g/mol. The molecule has 21 heavy (non-hydrogen) atoms. The minimum Gasteiger partial charge on any atom is -0.467 e. The van der Waals surface area contributed by atoms with Crippen molar-refractivity contribution in [1.82, 2.24) is 9.96 Å². The van der Waals surface area contributed by atoms with Crippen molar-refractivity contribution in [3.63, 3.8) is 0 Å². The molecule has 2 amide bonds. The Kier molecular flexibility index (Phi) is 2.93. The Balaban J connectivity index is 2.06. The molecule has 10 nitrogen and oxygen atoms in total. The first-order chi connectivity index (χ1) is 9.83. The van der Waals surface area contributed by atoms with Crippen LogP contribution < -0.4 is 0 Å². The van der Waals surface area contributed by atoms with E-state index in [0.29, 0.717) is 10.6 Å². The molecular weight excluding hydrogens is 308 g/mol. The predicted molar refractivity (Wildman–Crippen MR) is 62.8 cm³/mol. The van der Waals surface area contributed by atoms with Crippen LogP contribution in [0.5, 0.6) is 0 Å². The van der Waals surface area contributed by atoms with Crippen LogP contribution >= 0.6 is 0 Å². The number of carbonyl (C=O) groups is 2. The Morgan fingerprint density at radius 3 is 2.86 bits per heavy atom. The SMILES string of the molecule is COC(=O)C1c2occc2C2CN1C(=O)N2OS(=O)(=O)O. The van der Waals surface area contributed by atoms with E-state index in [4.69, 9.17) is 8.97 Å². The fourth-order valence-electron chi connectivity index (χ4n) is 2.54. The molecule has 0 aliphatic carbocycles. The third-order valence-electron chi connectivity index (χ3n) is 3.33. The maximum absolute atomic E-state index is 12.2. The summed E-state index contributed by atoms with van der Waals surface area (Å²) in [6, 6.07) is -1.33. The smallest absolute Gasteiger partial charge is 0.418 e. The molecule has 0 radical (unpaired) electrons. The Labute approximate surface area is 118 Å². The molecule has 1 N–H and O–H groups in total. The molecule has 3 heterocycles. The van der Waals surface area contributed by atoms with E-state index in [2.05, 4.69) is 9.02 Å². The van der Waals surface area contributed by atoms with Crippen LogP contribution in [-0.2, 0) is 24.2 Å². The highest BCUT2D eigenvalue weighted by Crippen LogP contribution is 2.44. The molecule has 1 fully saturated rings. The number of methoxy groups -OCH3 is 1. The standard InChI is InChI=1S/C10H10N2O8S/c1-18-9(13)7-8-5(2-3-19-8)6-4-11(7)10(14)12(6)20-21(15,16)17/h2-3,6-7H,4H2,1H3,(H,15,16,17). The van der Waals surface area contributed by atoms with Crippen molar-refractivity contribution in [2.75, 3.05) is 13.7 Å². The zero-order valence-corrected chi connectivity index (χ0v) is 11.4. The van der Waals surface area contributed by atoms with E-state index in [1.54, 1.807) is 0 Å². The van der Waals surface area contributed by atoms with Gasteiger partial charge in [0.25, 0.3) is 0 Å². The maximum Gasteiger partial charge on any atom is 0.418 e. The van der Waals surface area contributed by atoms with E-state index < -0.39 is 34.5 Å². The second-order valence-corrected chi connectivity index (χ2v) is 5.45. The number of hydrogen-bond acceptors (Lipinski definition) is 7. The zero-order valence-electron chi connectivity index (χ0n) is 10.6. The van der Waals surface area contributed by atoms with Crippen LogP contribution in [0.2, 0.25) is 0 Å². The number of hydroxylamine groups is 2. The molecule has 1 aromatic heterocycles. The van der Waals surface area contributed by atoms with Gasteiger partial charge in [-0.15, -0.1) is 4.28 Å². The summed E-state index contributed by atoms with van der Waals surface area (Å²) in [6.45, 7) is 0.000648. The second kappa shape index (κ2) is 4.44. The topological polar surface area (TPSA) is 127 Å². The van der Waals surface area contributed by atoms with Crippen LogP contribution in [0.1, 0.15) is 23.4 Å². The third kappa shape index (κ3) is 2.05. The quantitative estimate of drug-likeness (QED) is 0.610. The van der Waals surface area contributed by atoms with Gasteiger partial charge in [-0.25, -0.2) is 9.59 Å². The van der Waals surface area contributed by atoms with Crippen molar-refractivity contribution in [2.45, 2.75) is 12.1 Å². The molecule has 2 atom stereocenters. The maximum atomic E-state index is 12.2. The minimum absolute atomic E-state index is 0.000648. The van der Waals surface area contributed by atoms with Gasteiger partial charge < -0.3 is 9.15 Å². The molecule has 3 rings (SSSR count). The molecule has 2 unspecified atom stereocenters. The third-order valence-corrected chi connectivity index (χ3v) is 3.68. The second-order valence-electron chi connectivity index (χ2n) is 4.44. The van der Waals surface area contributed by atoms with Gasteiger partial charge in [0.15, 0.2) is 6.04 Å². The van der Waals surface area contributed by atoms with Crippen LogP contribution in [-0.4, -0.2) is 48.6 Å². The highest BCUT2D eigenvalue weighted by atomic mass is 32.3. The van der Waals surface area contributed by atoms with Gasteiger partial charge in [-0.05, 0) is 6.07 Å². The van der Waals surface area contributed by atoms with Crippen molar-refractivity contribution < 1.29 is 36.0 Å². The summed E-state index contributed by atoms with van der Waals surface area (Å²) in [5, 5.41) is 0.493. The number of amides is 2. The van der Waals surface area contributed by atoms with Crippen molar-refractivity contribution in [1.29, 1.82) is 0 Å². The van der Waals surface area contributed by atoms with Gasteiger partial charge in [0.1, 0.15) is 11.8 Å². The van der Waals surface area contributed by atoms with Crippen molar-refractivity contribution in [2.24, 2.45) is 0 Å². The minimum atomic E-state index is -4.88. The molecule has 0 aromatic carbocycles. The molecule has 1 aromatic rings. The number of rotatable bonds is 3. The molecule has 0 spiro atoms. The number of ether oxygens (including phenoxy) is 1. The molecule has 114 valence electrons. The van der Waals surface area contributed by atoms with Crippen LogP contribution in [0.25, 0.3) is 0 Å². The number of fused-ring (bicyclic) bond motifs is 4.